The fourth-order valence-corrected chi connectivity index (χ4v) is 4.20. The van der Waals surface area contributed by atoms with Crippen LogP contribution < -0.4 is 10.1 Å². The molecule has 0 radical (unpaired) electrons. The summed E-state index contributed by atoms with van der Waals surface area (Å²) in [6.07, 6.45) is 1.52. The van der Waals surface area contributed by atoms with Crippen molar-refractivity contribution in [3.05, 3.63) is 76.1 Å². The number of nitrogens with one attached hydrogen (secondary N) is 2. The van der Waals surface area contributed by atoms with Crippen LogP contribution in [-0.4, -0.2) is 46.2 Å². The highest BCUT2D eigenvalue weighted by Crippen LogP contribution is 2.30. The number of amides is 1. The van der Waals surface area contributed by atoms with Crippen LogP contribution in [0.15, 0.2) is 48.5 Å². The lowest BCUT2D eigenvalue weighted by Crippen LogP contribution is -2.25. The molecule has 2 aromatic heterocycles. The lowest BCUT2D eigenvalue weighted by atomic mass is 10.1. The van der Waals surface area contributed by atoms with Gasteiger partial charge in [-0.2, -0.15) is 0 Å². The predicted octanol–water partition coefficient (Wildman–Crippen LogP) is 5.37. The molecule has 0 aliphatic heterocycles. The van der Waals surface area contributed by atoms with Gasteiger partial charge in [-0.3, -0.25) is 9.89 Å². The Bertz CT molecular complexity index is 1380. The molecule has 0 bridgehead atoms. The molecule has 2 N–H and O–H groups in total. The van der Waals surface area contributed by atoms with Gasteiger partial charge in [0.05, 0.1) is 13.2 Å². The number of esters is 1. The lowest BCUT2D eigenvalue weighted by Gasteiger charge is -2.10. The van der Waals surface area contributed by atoms with Crippen molar-refractivity contribution in [2.24, 2.45) is 0 Å². The first-order valence-corrected chi connectivity index (χ1v) is 12.3. The van der Waals surface area contributed by atoms with E-state index < -0.39 is 5.97 Å². The Hall–Kier alpha value is -3.78. The zero-order valence-electron chi connectivity index (χ0n) is 20.6. The average Bonchev–Trinajstić information content (AvgIpc) is 3.39. The smallest absolute Gasteiger partial charge is 0.359 e. The summed E-state index contributed by atoms with van der Waals surface area (Å²) < 4.78 is 12.5. The van der Waals surface area contributed by atoms with Crippen LogP contribution in [0.3, 0.4) is 0 Å². The number of halogens is 1. The summed E-state index contributed by atoms with van der Waals surface area (Å²) in [7, 11) is 0. The van der Waals surface area contributed by atoms with Gasteiger partial charge in [-0.05, 0) is 45.2 Å². The summed E-state index contributed by atoms with van der Waals surface area (Å²) in [5, 5.41) is 5.93. The summed E-state index contributed by atoms with van der Waals surface area (Å²) in [4.78, 5) is 30.1. The van der Waals surface area contributed by atoms with Gasteiger partial charge < -0.3 is 14.8 Å². The van der Waals surface area contributed by atoms with Gasteiger partial charge >= 0.3 is 5.97 Å². The monoisotopic (exact) mass is 508 g/mol. The van der Waals surface area contributed by atoms with Gasteiger partial charge in [-0.1, -0.05) is 59.6 Å². The normalized spacial score (nSPS) is 11.0. The van der Waals surface area contributed by atoms with E-state index in [2.05, 4.69) is 21.5 Å². The van der Waals surface area contributed by atoms with Gasteiger partial charge in [0, 0.05) is 12.1 Å². The predicted molar refractivity (Wildman–Crippen MR) is 139 cm³/mol. The van der Waals surface area contributed by atoms with Crippen LogP contribution in [0.25, 0.3) is 16.9 Å². The van der Waals surface area contributed by atoms with Crippen molar-refractivity contribution in [2.45, 2.75) is 33.6 Å². The largest absolute Gasteiger partial charge is 0.493 e. The molecule has 2 aromatic carbocycles. The molecule has 0 aliphatic rings. The summed E-state index contributed by atoms with van der Waals surface area (Å²) in [6.45, 7) is 7.01. The number of H-pyrrole nitrogens is 1. The highest BCUT2D eigenvalue weighted by atomic mass is 35.5. The second kappa shape index (κ2) is 11.3. The minimum atomic E-state index is -0.558. The first kappa shape index (κ1) is 25.3. The molecule has 2 heterocycles. The minimum Gasteiger partial charge on any atom is -0.493 e. The van der Waals surface area contributed by atoms with Crippen molar-refractivity contribution in [2.75, 3.05) is 19.8 Å². The molecule has 1 amide bonds. The first-order valence-electron chi connectivity index (χ1n) is 11.9. The molecule has 0 spiro atoms. The molecular formula is C27H29ClN4O4. The fourth-order valence-electron chi connectivity index (χ4n) is 3.95. The third-order valence-electron chi connectivity index (χ3n) is 5.70. The number of carbonyl (C=O) groups is 2. The Labute approximate surface area is 214 Å². The van der Waals surface area contributed by atoms with Crippen molar-refractivity contribution in [3.63, 3.8) is 0 Å². The van der Waals surface area contributed by atoms with Crippen LogP contribution in [0.1, 0.15) is 51.9 Å². The van der Waals surface area contributed by atoms with Crippen molar-refractivity contribution in [1.29, 1.82) is 0 Å². The molecule has 188 valence electrons. The van der Waals surface area contributed by atoms with Gasteiger partial charge in [-0.25, -0.2) is 14.3 Å². The molecule has 0 fully saturated rings. The van der Waals surface area contributed by atoms with Gasteiger partial charge in [0.15, 0.2) is 11.3 Å². The summed E-state index contributed by atoms with van der Waals surface area (Å²) in [5.74, 6) is -0.0622. The number of unbranched alkanes of at least 4 members (excludes halogenated alkanes) is 1. The number of rotatable bonds is 10. The number of aromatic nitrogens is 3. The molecule has 0 aliphatic carbocycles. The van der Waals surface area contributed by atoms with E-state index in [9.17, 15) is 9.59 Å². The second-order valence-electron chi connectivity index (χ2n) is 8.44. The number of aryl methyl sites for hydroxylation is 2. The number of nitrogens with zero attached hydrogens (tertiary/aromatic N) is 2. The standard InChI is InChI=1S/C27H29ClN4O4/c1-4-35-27(34)24-22(19-10-6-5-7-11-19)30-25-21(28)23(31-32(24)25)26(33)29-14-8-9-15-36-20-13-12-17(2)16-18(20)3/h5-7,10-13,16,31H,4,8-9,14-15H2,1-3H3,(H,29,33). The van der Waals surface area contributed by atoms with E-state index in [0.717, 1.165) is 29.7 Å². The molecule has 36 heavy (non-hydrogen) atoms. The zero-order valence-corrected chi connectivity index (χ0v) is 21.3. The van der Waals surface area contributed by atoms with Gasteiger partial charge in [0.1, 0.15) is 22.2 Å². The Balaban J connectivity index is 1.42. The maximum absolute atomic E-state index is 12.8. The number of ether oxygens (including phenoxy) is 2. The van der Waals surface area contributed by atoms with Crippen LogP contribution in [0, 0.1) is 13.8 Å². The molecule has 8 nitrogen and oxygen atoms in total. The SMILES string of the molecule is CCOC(=O)c1c(-c2ccccc2)nc2c(Cl)c(C(=O)NCCCCOc3ccc(C)cc3C)[nH]n12. The number of benzene rings is 2. The van der Waals surface area contributed by atoms with E-state index in [1.165, 1.54) is 10.1 Å². The third kappa shape index (κ3) is 5.39. The van der Waals surface area contributed by atoms with Gasteiger partial charge in [0.25, 0.3) is 5.91 Å². The summed E-state index contributed by atoms with van der Waals surface area (Å²) >= 11 is 6.52. The molecule has 4 rings (SSSR count). The van der Waals surface area contributed by atoms with Crippen LogP contribution in [0.4, 0.5) is 0 Å². The Kier molecular flexibility index (Phi) is 7.95. The second-order valence-corrected chi connectivity index (χ2v) is 8.81. The van der Waals surface area contributed by atoms with E-state index in [1.807, 2.05) is 56.3 Å². The highest BCUT2D eigenvalue weighted by Gasteiger charge is 2.27. The molecule has 0 saturated heterocycles. The van der Waals surface area contributed by atoms with Crippen LogP contribution in [0.2, 0.25) is 5.02 Å². The quantitative estimate of drug-likeness (QED) is 0.222. The summed E-state index contributed by atoms with van der Waals surface area (Å²) in [5.41, 5.74) is 4.07. The topological polar surface area (TPSA) is 97.7 Å². The Morgan fingerprint density at radius 3 is 2.61 bits per heavy atom. The van der Waals surface area contributed by atoms with Crippen LogP contribution >= 0.6 is 11.6 Å². The molecule has 0 saturated carbocycles. The van der Waals surface area contributed by atoms with E-state index in [4.69, 9.17) is 21.1 Å². The van der Waals surface area contributed by atoms with E-state index in [0.29, 0.717) is 18.8 Å². The molecule has 4 aromatic rings. The Morgan fingerprint density at radius 2 is 1.89 bits per heavy atom. The van der Waals surface area contributed by atoms with Crippen LogP contribution in [-0.2, 0) is 4.74 Å². The highest BCUT2D eigenvalue weighted by molar-refractivity contribution is 6.36. The first-order chi connectivity index (χ1) is 17.4. The van der Waals surface area contributed by atoms with Crippen molar-refractivity contribution >= 4 is 29.1 Å². The average molecular weight is 509 g/mol. The fraction of sp³-hybridized carbons (Fsp3) is 0.296. The number of aromatic amines is 1. The lowest BCUT2D eigenvalue weighted by molar-refractivity contribution is 0.0517. The minimum absolute atomic E-state index is 0.135. The van der Waals surface area contributed by atoms with E-state index >= 15 is 0 Å². The molecular weight excluding hydrogens is 480 g/mol. The maximum Gasteiger partial charge on any atom is 0.359 e. The van der Waals surface area contributed by atoms with Crippen LogP contribution in [0.5, 0.6) is 5.75 Å². The number of hydrogen-bond donors (Lipinski definition) is 2. The molecule has 0 unspecified atom stereocenters. The summed E-state index contributed by atoms with van der Waals surface area (Å²) in [6, 6.07) is 15.4. The van der Waals surface area contributed by atoms with Crippen molar-refractivity contribution in [3.8, 4) is 17.0 Å². The van der Waals surface area contributed by atoms with E-state index in [-0.39, 0.29) is 34.6 Å². The number of fused-ring (bicyclic) bond motifs is 1. The molecule has 0 atom stereocenters. The van der Waals surface area contributed by atoms with Gasteiger partial charge in [0.2, 0.25) is 0 Å². The number of hydrogen-bond acceptors (Lipinski definition) is 5. The maximum atomic E-state index is 12.8. The van der Waals surface area contributed by atoms with E-state index in [1.54, 1.807) is 6.92 Å². The Morgan fingerprint density at radius 1 is 1.11 bits per heavy atom. The zero-order chi connectivity index (χ0) is 25.7. The number of imidazole rings is 1. The van der Waals surface area contributed by atoms with Crippen molar-refractivity contribution < 1.29 is 19.1 Å². The molecule has 9 heteroatoms. The van der Waals surface area contributed by atoms with Gasteiger partial charge in [-0.15, -0.1) is 0 Å². The third-order valence-corrected chi connectivity index (χ3v) is 6.06. The number of carbonyl (C=O) groups excluding carboxylic acids is 2. The van der Waals surface area contributed by atoms with Crippen molar-refractivity contribution in [1.82, 2.24) is 19.9 Å².